The van der Waals surface area contributed by atoms with Gasteiger partial charge in [-0.15, -0.1) is 0 Å². The summed E-state index contributed by atoms with van der Waals surface area (Å²) >= 11 is 5.96. The van der Waals surface area contributed by atoms with Crippen molar-refractivity contribution in [2.75, 3.05) is 38.7 Å². The summed E-state index contributed by atoms with van der Waals surface area (Å²) in [6, 6.07) is 15.7. The molecule has 4 nitrogen and oxygen atoms in total. The Bertz CT molecular complexity index is 733. The number of carbonyl (C=O) groups is 1. The third kappa shape index (κ3) is 5.07. The van der Waals surface area contributed by atoms with E-state index in [1.54, 1.807) is 7.11 Å². The van der Waals surface area contributed by atoms with Gasteiger partial charge in [-0.1, -0.05) is 35.9 Å². The molecule has 1 amide bonds. The molecule has 5 heteroatoms. The second kappa shape index (κ2) is 9.17. The minimum absolute atomic E-state index is 0.0276. The van der Waals surface area contributed by atoms with Gasteiger partial charge in [0.15, 0.2) is 0 Å². The summed E-state index contributed by atoms with van der Waals surface area (Å²) in [6.45, 7) is 3.43. The quantitative estimate of drug-likeness (QED) is 0.821. The van der Waals surface area contributed by atoms with E-state index in [0.29, 0.717) is 11.6 Å². The molecule has 138 valence electrons. The fourth-order valence-electron chi connectivity index (χ4n) is 3.36. The van der Waals surface area contributed by atoms with Crippen molar-refractivity contribution in [2.24, 2.45) is 5.92 Å². The molecule has 2 aromatic carbocycles. The van der Waals surface area contributed by atoms with Gasteiger partial charge in [-0.3, -0.25) is 4.79 Å². The predicted molar refractivity (Wildman–Crippen MR) is 107 cm³/mol. The van der Waals surface area contributed by atoms with E-state index in [-0.39, 0.29) is 11.8 Å². The number of benzene rings is 2. The second-order valence-corrected chi connectivity index (χ2v) is 7.15. The number of nitrogens with one attached hydrogen (secondary N) is 1. The molecule has 1 aliphatic rings. The Morgan fingerprint density at radius 3 is 2.81 bits per heavy atom. The number of likely N-dealkylation sites (tertiary alicyclic amines) is 1. The van der Waals surface area contributed by atoms with Gasteiger partial charge in [-0.2, -0.15) is 0 Å². The fourth-order valence-corrected chi connectivity index (χ4v) is 3.48. The minimum atomic E-state index is 0.0276. The van der Waals surface area contributed by atoms with E-state index in [2.05, 4.69) is 10.2 Å². The van der Waals surface area contributed by atoms with Crippen molar-refractivity contribution in [1.29, 1.82) is 0 Å². The summed E-state index contributed by atoms with van der Waals surface area (Å²) in [5.41, 5.74) is 2.97. The molecule has 1 N–H and O–H groups in total. The number of amides is 1. The molecule has 26 heavy (non-hydrogen) atoms. The van der Waals surface area contributed by atoms with E-state index in [9.17, 15) is 4.79 Å². The van der Waals surface area contributed by atoms with Crippen LogP contribution in [0.3, 0.4) is 0 Å². The molecular weight excluding hydrogens is 348 g/mol. The first-order valence-electron chi connectivity index (χ1n) is 9.04. The molecule has 0 radical (unpaired) electrons. The molecule has 1 heterocycles. The lowest BCUT2D eigenvalue weighted by Crippen LogP contribution is -2.41. The zero-order valence-electron chi connectivity index (χ0n) is 15.1. The summed E-state index contributed by atoms with van der Waals surface area (Å²) in [7, 11) is 1.71. The van der Waals surface area contributed by atoms with Gasteiger partial charge in [0.2, 0.25) is 5.91 Å². The minimum Gasteiger partial charge on any atom is -0.383 e. The molecule has 1 atom stereocenters. The molecule has 0 saturated carbocycles. The summed E-state index contributed by atoms with van der Waals surface area (Å²) in [4.78, 5) is 15.0. The highest BCUT2D eigenvalue weighted by atomic mass is 35.5. The van der Waals surface area contributed by atoms with Crippen molar-refractivity contribution >= 4 is 23.2 Å². The summed E-state index contributed by atoms with van der Waals surface area (Å²) in [5.74, 6) is 0.125. The van der Waals surface area contributed by atoms with E-state index < -0.39 is 0 Å². The van der Waals surface area contributed by atoms with Gasteiger partial charge < -0.3 is 15.0 Å². The van der Waals surface area contributed by atoms with Crippen molar-refractivity contribution in [3.8, 4) is 11.1 Å². The highest BCUT2D eigenvalue weighted by Crippen LogP contribution is 2.25. The number of rotatable bonds is 6. The normalized spacial score (nSPS) is 17.8. The van der Waals surface area contributed by atoms with Crippen LogP contribution in [0.2, 0.25) is 5.02 Å². The Hall–Kier alpha value is -1.88. The number of piperidine rings is 1. The third-order valence-electron chi connectivity index (χ3n) is 4.80. The molecule has 1 fully saturated rings. The van der Waals surface area contributed by atoms with Gasteiger partial charge in [0, 0.05) is 30.9 Å². The van der Waals surface area contributed by atoms with Gasteiger partial charge in [-0.25, -0.2) is 0 Å². The van der Waals surface area contributed by atoms with Crippen LogP contribution < -0.4 is 5.32 Å². The number of carbonyl (C=O) groups excluding carboxylic acids is 1. The first kappa shape index (κ1) is 18.9. The van der Waals surface area contributed by atoms with E-state index in [0.717, 1.165) is 49.3 Å². The van der Waals surface area contributed by atoms with Crippen molar-refractivity contribution in [3.05, 3.63) is 53.6 Å². The Balaban J connectivity index is 1.64. The van der Waals surface area contributed by atoms with E-state index in [4.69, 9.17) is 16.3 Å². The van der Waals surface area contributed by atoms with Crippen LogP contribution in [0.5, 0.6) is 0 Å². The maximum absolute atomic E-state index is 12.7. The number of hydrogen-bond acceptors (Lipinski definition) is 3. The SMILES string of the molecule is COCCN1CCCC(C(=O)Nc2cccc(-c3ccc(Cl)cc3)c2)C1. The number of halogens is 1. The van der Waals surface area contributed by atoms with Crippen molar-refractivity contribution < 1.29 is 9.53 Å². The average molecular weight is 373 g/mol. The van der Waals surface area contributed by atoms with E-state index in [1.165, 1.54) is 0 Å². The molecular formula is C21H25ClN2O2. The first-order valence-corrected chi connectivity index (χ1v) is 9.41. The lowest BCUT2D eigenvalue weighted by molar-refractivity contribution is -0.121. The molecule has 1 saturated heterocycles. The lowest BCUT2D eigenvalue weighted by Gasteiger charge is -2.31. The molecule has 0 aromatic heterocycles. The summed E-state index contributed by atoms with van der Waals surface area (Å²) in [6.07, 6.45) is 1.98. The van der Waals surface area contributed by atoms with Gasteiger partial charge in [0.25, 0.3) is 0 Å². The van der Waals surface area contributed by atoms with Gasteiger partial charge >= 0.3 is 0 Å². The molecule has 2 aromatic rings. The standard InChI is InChI=1S/C21H25ClN2O2/c1-26-13-12-24-11-3-5-18(15-24)21(25)23-20-6-2-4-17(14-20)16-7-9-19(22)10-8-16/h2,4,6-10,14,18H,3,5,11-13,15H2,1H3,(H,23,25). The molecule has 0 spiro atoms. The van der Waals surface area contributed by atoms with Crippen LogP contribution in [-0.2, 0) is 9.53 Å². The molecule has 1 aliphatic heterocycles. The average Bonchev–Trinajstić information content (AvgIpc) is 2.67. The maximum atomic E-state index is 12.7. The molecule has 1 unspecified atom stereocenters. The second-order valence-electron chi connectivity index (χ2n) is 6.71. The fraction of sp³-hybridized carbons (Fsp3) is 0.381. The zero-order chi connectivity index (χ0) is 18.4. The van der Waals surface area contributed by atoms with Gasteiger partial charge in [0.05, 0.1) is 12.5 Å². The van der Waals surface area contributed by atoms with Crippen LogP contribution in [0.1, 0.15) is 12.8 Å². The highest BCUT2D eigenvalue weighted by Gasteiger charge is 2.25. The van der Waals surface area contributed by atoms with E-state index >= 15 is 0 Å². The Kier molecular flexibility index (Phi) is 6.67. The third-order valence-corrected chi connectivity index (χ3v) is 5.05. The Morgan fingerprint density at radius 2 is 2.04 bits per heavy atom. The molecule has 3 rings (SSSR count). The van der Waals surface area contributed by atoms with Gasteiger partial charge in [0.1, 0.15) is 0 Å². The number of methoxy groups -OCH3 is 1. The van der Waals surface area contributed by atoms with Crippen LogP contribution in [-0.4, -0.2) is 44.2 Å². The smallest absolute Gasteiger partial charge is 0.228 e. The number of ether oxygens (including phenoxy) is 1. The zero-order valence-corrected chi connectivity index (χ0v) is 15.8. The Labute approximate surface area is 160 Å². The number of anilines is 1. The van der Waals surface area contributed by atoms with Crippen LogP contribution in [0.4, 0.5) is 5.69 Å². The maximum Gasteiger partial charge on any atom is 0.228 e. The monoisotopic (exact) mass is 372 g/mol. The number of hydrogen-bond donors (Lipinski definition) is 1. The van der Waals surface area contributed by atoms with Crippen molar-refractivity contribution in [3.63, 3.8) is 0 Å². The number of nitrogens with zero attached hydrogens (tertiary/aromatic N) is 1. The highest BCUT2D eigenvalue weighted by molar-refractivity contribution is 6.30. The largest absolute Gasteiger partial charge is 0.383 e. The molecule has 0 bridgehead atoms. The van der Waals surface area contributed by atoms with Crippen LogP contribution in [0.15, 0.2) is 48.5 Å². The predicted octanol–water partition coefficient (Wildman–Crippen LogP) is 4.30. The van der Waals surface area contributed by atoms with Crippen molar-refractivity contribution in [2.45, 2.75) is 12.8 Å². The van der Waals surface area contributed by atoms with Crippen LogP contribution in [0, 0.1) is 5.92 Å². The van der Waals surface area contributed by atoms with Crippen molar-refractivity contribution in [1.82, 2.24) is 4.90 Å². The van der Waals surface area contributed by atoms with Gasteiger partial charge in [-0.05, 0) is 54.8 Å². The molecule has 0 aliphatic carbocycles. The van der Waals surface area contributed by atoms with Crippen LogP contribution in [0.25, 0.3) is 11.1 Å². The summed E-state index contributed by atoms with van der Waals surface area (Å²) in [5, 5.41) is 3.80. The lowest BCUT2D eigenvalue weighted by atomic mass is 9.97. The first-order chi connectivity index (χ1) is 12.7. The topological polar surface area (TPSA) is 41.6 Å². The summed E-state index contributed by atoms with van der Waals surface area (Å²) < 4.78 is 5.15. The Morgan fingerprint density at radius 1 is 1.23 bits per heavy atom. The van der Waals surface area contributed by atoms with E-state index in [1.807, 2.05) is 48.5 Å². The van der Waals surface area contributed by atoms with Crippen LogP contribution >= 0.6 is 11.6 Å².